The molecule has 1 aromatic rings. The second kappa shape index (κ2) is 3.18. The van der Waals surface area contributed by atoms with Crippen molar-refractivity contribution in [1.29, 1.82) is 0 Å². The highest BCUT2D eigenvalue weighted by atomic mass is 35.5. The molecule has 0 atom stereocenters. The highest BCUT2D eigenvalue weighted by molar-refractivity contribution is 6.31. The summed E-state index contributed by atoms with van der Waals surface area (Å²) in [6, 6.07) is 0. The van der Waals surface area contributed by atoms with E-state index < -0.39 is 4.92 Å². The van der Waals surface area contributed by atoms with Gasteiger partial charge in [0.25, 0.3) is 0 Å². The summed E-state index contributed by atoms with van der Waals surface area (Å²) in [5, 5.41) is 14.6. The first kappa shape index (κ1) is 10.4. The van der Waals surface area contributed by atoms with Gasteiger partial charge in [-0.05, 0) is 13.8 Å². The average molecular weight is 232 g/mol. The number of hydrogen-bond donors (Lipinski definition) is 0. The van der Waals surface area contributed by atoms with Crippen LogP contribution in [0.25, 0.3) is 0 Å². The molecule has 7 heteroatoms. The molecule has 0 N–H and O–H groups in total. The lowest BCUT2D eigenvalue weighted by Crippen LogP contribution is -2.50. The molecule has 1 aliphatic rings. The van der Waals surface area contributed by atoms with Crippen molar-refractivity contribution in [1.82, 2.24) is 9.78 Å². The number of nitrogens with zero attached hydrogens (tertiary/aromatic N) is 3. The van der Waals surface area contributed by atoms with Gasteiger partial charge in [0.05, 0.1) is 18.1 Å². The minimum atomic E-state index is -0.510. The maximum Gasteiger partial charge on any atom is 0.328 e. The van der Waals surface area contributed by atoms with Gasteiger partial charge in [-0.1, -0.05) is 11.6 Å². The van der Waals surface area contributed by atoms with E-state index in [2.05, 4.69) is 5.10 Å². The Hall–Kier alpha value is -1.14. The first-order valence-electron chi connectivity index (χ1n) is 4.43. The van der Waals surface area contributed by atoms with Crippen molar-refractivity contribution < 1.29 is 9.66 Å². The van der Waals surface area contributed by atoms with Crippen LogP contribution >= 0.6 is 11.6 Å². The highest BCUT2D eigenvalue weighted by Gasteiger charge is 2.40. The third kappa shape index (κ3) is 1.40. The lowest BCUT2D eigenvalue weighted by molar-refractivity contribution is -0.385. The third-order valence-corrected chi connectivity index (χ3v) is 2.82. The zero-order valence-electron chi connectivity index (χ0n) is 8.36. The summed E-state index contributed by atoms with van der Waals surface area (Å²) < 4.78 is 6.66. The predicted molar refractivity (Wildman–Crippen MR) is 53.1 cm³/mol. The van der Waals surface area contributed by atoms with E-state index in [0.29, 0.717) is 18.9 Å². The highest BCUT2D eigenvalue weighted by Crippen LogP contribution is 2.34. The number of nitro groups is 1. The molecular formula is C8H10ClN3O3. The maximum absolute atomic E-state index is 10.7. The van der Waals surface area contributed by atoms with Gasteiger partial charge in [-0.15, -0.1) is 0 Å². The minimum absolute atomic E-state index is 0.0642. The molecule has 6 nitrogen and oxygen atoms in total. The molecule has 2 rings (SSSR count). The zero-order valence-corrected chi connectivity index (χ0v) is 9.11. The second-order valence-corrected chi connectivity index (χ2v) is 4.24. The summed E-state index contributed by atoms with van der Waals surface area (Å²) in [7, 11) is 0. The summed E-state index contributed by atoms with van der Waals surface area (Å²) >= 11 is 5.72. The van der Waals surface area contributed by atoms with Crippen molar-refractivity contribution in [2.45, 2.75) is 19.4 Å². The Morgan fingerprint density at radius 3 is 2.60 bits per heavy atom. The molecular weight excluding hydrogens is 222 g/mol. The van der Waals surface area contributed by atoms with Crippen molar-refractivity contribution in [2.75, 3.05) is 13.2 Å². The Kier molecular flexibility index (Phi) is 2.20. The van der Waals surface area contributed by atoms with Crippen LogP contribution in [0.3, 0.4) is 0 Å². The van der Waals surface area contributed by atoms with Gasteiger partial charge >= 0.3 is 5.69 Å². The van der Waals surface area contributed by atoms with Crippen LogP contribution in [0.4, 0.5) is 5.69 Å². The van der Waals surface area contributed by atoms with E-state index in [1.54, 1.807) is 11.6 Å². The zero-order chi connectivity index (χ0) is 11.2. The smallest absolute Gasteiger partial charge is 0.328 e. The Balaban J connectivity index is 2.50. The van der Waals surface area contributed by atoms with Gasteiger partial charge in [0, 0.05) is 0 Å². The number of ether oxygens (including phenoxy) is 1. The molecule has 0 aliphatic carbocycles. The lowest BCUT2D eigenvalue weighted by atomic mass is 10.0. The summed E-state index contributed by atoms with van der Waals surface area (Å²) in [6.45, 7) is 4.57. The van der Waals surface area contributed by atoms with Crippen LogP contribution in [0, 0.1) is 17.0 Å². The molecule has 0 aromatic carbocycles. The van der Waals surface area contributed by atoms with Gasteiger partial charge in [-0.25, -0.2) is 0 Å². The van der Waals surface area contributed by atoms with Crippen LogP contribution in [-0.2, 0) is 10.3 Å². The molecule has 1 fully saturated rings. The van der Waals surface area contributed by atoms with Crippen LogP contribution in [0.5, 0.6) is 0 Å². The molecule has 82 valence electrons. The molecule has 1 aliphatic heterocycles. The molecule has 0 unspecified atom stereocenters. The molecule has 2 heterocycles. The minimum Gasteiger partial charge on any atom is -0.376 e. The standard InChI is InChI=1S/C8H10ClN3O3/c1-5-6(12(13)14)7(9)10-11(5)8(2)3-15-4-8/h3-4H2,1-2H3. The van der Waals surface area contributed by atoms with E-state index in [-0.39, 0.29) is 16.4 Å². The Morgan fingerprint density at radius 1 is 1.67 bits per heavy atom. The van der Waals surface area contributed by atoms with Crippen molar-refractivity contribution >= 4 is 17.3 Å². The summed E-state index contributed by atoms with van der Waals surface area (Å²) in [5.74, 6) is 0. The summed E-state index contributed by atoms with van der Waals surface area (Å²) in [4.78, 5) is 10.2. The van der Waals surface area contributed by atoms with Crippen LogP contribution in [0.1, 0.15) is 12.6 Å². The van der Waals surface area contributed by atoms with E-state index in [0.717, 1.165) is 0 Å². The van der Waals surface area contributed by atoms with Gasteiger partial charge in [0.1, 0.15) is 11.2 Å². The molecule has 1 aromatic heterocycles. The first-order chi connectivity index (χ1) is 6.96. The second-order valence-electron chi connectivity index (χ2n) is 3.88. The normalized spacial score (nSPS) is 18.6. The van der Waals surface area contributed by atoms with E-state index in [9.17, 15) is 10.1 Å². The van der Waals surface area contributed by atoms with Crippen molar-refractivity contribution in [2.24, 2.45) is 0 Å². The van der Waals surface area contributed by atoms with E-state index in [1.165, 1.54) is 0 Å². The van der Waals surface area contributed by atoms with Crippen LogP contribution in [0.15, 0.2) is 0 Å². The van der Waals surface area contributed by atoms with Crippen LogP contribution in [-0.4, -0.2) is 27.9 Å². The van der Waals surface area contributed by atoms with E-state index in [4.69, 9.17) is 16.3 Å². The molecule has 0 amide bonds. The molecule has 15 heavy (non-hydrogen) atoms. The monoisotopic (exact) mass is 231 g/mol. The maximum atomic E-state index is 10.7. The van der Waals surface area contributed by atoms with Crippen molar-refractivity contribution in [3.8, 4) is 0 Å². The van der Waals surface area contributed by atoms with Gasteiger partial charge in [-0.2, -0.15) is 5.10 Å². The quantitative estimate of drug-likeness (QED) is 0.571. The van der Waals surface area contributed by atoms with Crippen molar-refractivity contribution in [3.63, 3.8) is 0 Å². The van der Waals surface area contributed by atoms with Crippen molar-refractivity contribution in [3.05, 3.63) is 21.0 Å². The third-order valence-electron chi connectivity index (χ3n) is 2.56. The molecule has 0 saturated carbocycles. The van der Waals surface area contributed by atoms with Gasteiger partial charge < -0.3 is 4.74 Å². The molecule has 0 spiro atoms. The first-order valence-corrected chi connectivity index (χ1v) is 4.81. The summed E-state index contributed by atoms with van der Waals surface area (Å²) in [6.07, 6.45) is 0. The Morgan fingerprint density at radius 2 is 2.27 bits per heavy atom. The topological polar surface area (TPSA) is 70.2 Å². The van der Waals surface area contributed by atoms with E-state index in [1.807, 2.05) is 6.92 Å². The lowest BCUT2D eigenvalue weighted by Gasteiger charge is -2.38. The number of halogens is 1. The summed E-state index contributed by atoms with van der Waals surface area (Å²) in [5.41, 5.74) is 0.0442. The van der Waals surface area contributed by atoms with Crippen LogP contribution in [0.2, 0.25) is 5.15 Å². The predicted octanol–water partition coefficient (Wildman–Crippen LogP) is 1.50. The molecule has 1 saturated heterocycles. The SMILES string of the molecule is Cc1c([N+](=O)[O-])c(Cl)nn1C1(C)COC1. The van der Waals surface area contributed by atoms with Crippen LogP contribution < -0.4 is 0 Å². The Bertz CT molecular complexity index is 425. The largest absolute Gasteiger partial charge is 0.376 e. The average Bonchev–Trinajstić information content (AvgIpc) is 2.38. The number of aromatic nitrogens is 2. The molecule has 0 bridgehead atoms. The fourth-order valence-electron chi connectivity index (χ4n) is 1.71. The fourth-order valence-corrected chi connectivity index (χ4v) is 1.99. The number of rotatable bonds is 2. The Labute approximate surface area is 90.9 Å². The molecule has 0 radical (unpaired) electrons. The van der Waals surface area contributed by atoms with E-state index >= 15 is 0 Å². The van der Waals surface area contributed by atoms with Gasteiger partial charge in [0.15, 0.2) is 0 Å². The fraction of sp³-hybridized carbons (Fsp3) is 0.625. The van der Waals surface area contributed by atoms with Gasteiger partial charge in [-0.3, -0.25) is 14.8 Å². The number of hydrogen-bond acceptors (Lipinski definition) is 4. The van der Waals surface area contributed by atoms with Gasteiger partial charge in [0.2, 0.25) is 5.15 Å².